The largest absolute Gasteiger partial charge is 0.342 e. The molecule has 0 saturated heterocycles. The van der Waals surface area contributed by atoms with Crippen molar-refractivity contribution < 1.29 is 0 Å². The molecule has 2 nitrogen and oxygen atoms in total. The van der Waals surface area contributed by atoms with Crippen molar-refractivity contribution in [2.45, 2.75) is 27.7 Å². The van der Waals surface area contributed by atoms with Crippen LogP contribution in [0.25, 0.3) is 24.3 Å². The van der Waals surface area contributed by atoms with Crippen molar-refractivity contribution in [3.05, 3.63) is 155 Å². The number of nitrogens with zero attached hydrogens (tertiary/aromatic N) is 2. The fourth-order valence-corrected chi connectivity index (χ4v) is 5.11. The molecule has 0 spiro atoms. The Morgan fingerprint density at radius 3 is 0.810 bits per heavy atom. The van der Waals surface area contributed by atoms with Crippen molar-refractivity contribution in [1.29, 1.82) is 0 Å². The summed E-state index contributed by atoms with van der Waals surface area (Å²) in [5, 5.41) is 0. The number of hydrogen-bond acceptors (Lipinski definition) is 2. The lowest BCUT2D eigenvalue weighted by molar-refractivity contribution is 1.02. The summed E-state index contributed by atoms with van der Waals surface area (Å²) < 4.78 is 0. The molecule has 0 aromatic heterocycles. The molecule has 0 saturated carbocycles. The molecule has 0 heterocycles. The van der Waals surface area contributed by atoms with Gasteiger partial charge < -0.3 is 9.80 Å². The highest BCUT2D eigenvalue weighted by molar-refractivity contribution is 5.75. The van der Waals surface area contributed by atoms with Crippen LogP contribution >= 0.6 is 0 Å². The molecule has 5 aromatic carbocycles. The second kappa shape index (κ2) is 13.7. The monoisotopic (exact) mass is 548 g/mol. The van der Waals surface area contributed by atoms with Gasteiger partial charge in [-0.25, -0.2) is 0 Å². The average molecular weight is 549 g/mol. The number of aryl methyl sites for hydroxylation is 2. The fraction of sp³-hybridized carbons (Fsp3) is 0.150. The predicted molar refractivity (Wildman–Crippen MR) is 185 cm³/mol. The highest BCUT2D eigenvalue weighted by Gasteiger charge is 2.08. The van der Waals surface area contributed by atoms with Crippen LogP contribution in [0.2, 0.25) is 0 Å². The van der Waals surface area contributed by atoms with Crippen LogP contribution in [0.1, 0.15) is 47.2 Å². The molecular formula is C40H40N2. The van der Waals surface area contributed by atoms with Gasteiger partial charge in [-0.3, -0.25) is 0 Å². The molecule has 0 atom stereocenters. The lowest BCUT2D eigenvalue weighted by Gasteiger charge is -2.23. The van der Waals surface area contributed by atoms with Crippen molar-refractivity contribution in [3.8, 4) is 0 Å². The lowest BCUT2D eigenvalue weighted by atomic mass is 10.1. The molecule has 5 aromatic rings. The van der Waals surface area contributed by atoms with Crippen molar-refractivity contribution in [1.82, 2.24) is 0 Å². The Kier molecular flexibility index (Phi) is 9.36. The smallest absolute Gasteiger partial charge is 0.0411 e. The van der Waals surface area contributed by atoms with Gasteiger partial charge in [-0.05, 0) is 98.5 Å². The third-order valence-electron chi connectivity index (χ3n) is 7.61. The van der Waals surface area contributed by atoms with Crippen LogP contribution in [0, 0.1) is 13.8 Å². The Labute approximate surface area is 251 Å². The van der Waals surface area contributed by atoms with Gasteiger partial charge in [0.25, 0.3) is 0 Å². The van der Waals surface area contributed by atoms with Crippen LogP contribution in [-0.4, -0.2) is 13.1 Å². The Balaban J connectivity index is 1.19. The van der Waals surface area contributed by atoms with Crippen LogP contribution in [0.4, 0.5) is 22.7 Å². The van der Waals surface area contributed by atoms with E-state index in [0.29, 0.717) is 0 Å². The molecule has 2 heteroatoms. The van der Waals surface area contributed by atoms with Gasteiger partial charge in [0, 0.05) is 35.8 Å². The summed E-state index contributed by atoms with van der Waals surface area (Å²) in [5.41, 5.74) is 12.2. The number of benzene rings is 5. The van der Waals surface area contributed by atoms with E-state index in [-0.39, 0.29) is 0 Å². The minimum absolute atomic E-state index is 0.926. The molecule has 5 rings (SSSR count). The topological polar surface area (TPSA) is 6.48 Å². The zero-order valence-electron chi connectivity index (χ0n) is 25.2. The van der Waals surface area contributed by atoms with Crippen molar-refractivity contribution in [2.24, 2.45) is 0 Å². The van der Waals surface area contributed by atoms with Crippen molar-refractivity contribution in [2.75, 3.05) is 22.9 Å². The van der Waals surface area contributed by atoms with E-state index in [0.717, 1.165) is 13.1 Å². The summed E-state index contributed by atoms with van der Waals surface area (Å²) in [7, 11) is 0. The SMILES string of the molecule is CCN(c1ccc(C)cc1)c1ccc(/C=C/c2ccc(/C=C/c3ccc(N(CC)c4ccc(C)cc4)cc3)cc2)cc1. The van der Waals surface area contributed by atoms with E-state index in [1.165, 1.54) is 56.1 Å². The second-order valence-electron chi connectivity index (χ2n) is 10.7. The van der Waals surface area contributed by atoms with Gasteiger partial charge in [-0.15, -0.1) is 0 Å². The Morgan fingerprint density at radius 2 is 0.571 bits per heavy atom. The molecule has 0 fully saturated rings. The molecule has 210 valence electrons. The molecule has 0 aliphatic carbocycles. The van der Waals surface area contributed by atoms with E-state index in [1.54, 1.807) is 0 Å². The van der Waals surface area contributed by atoms with Gasteiger partial charge in [-0.2, -0.15) is 0 Å². The third kappa shape index (κ3) is 7.27. The maximum absolute atomic E-state index is 2.33. The van der Waals surface area contributed by atoms with Crippen LogP contribution in [-0.2, 0) is 0 Å². The van der Waals surface area contributed by atoms with E-state index in [2.05, 4.69) is 183 Å². The van der Waals surface area contributed by atoms with Gasteiger partial charge in [0.15, 0.2) is 0 Å². The number of rotatable bonds is 10. The Bertz CT molecular complexity index is 1480. The van der Waals surface area contributed by atoms with E-state index >= 15 is 0 Å². The summed E-state index contributed by atoms with van der Waals surface area (Å²) in [6.45, 7) is 10.5. The van der Waals surface area contributed by atoms with Crippen molar-refractivity contribution in [3.63, 3.8) is 0 Å². The molecule has 0 aliphatic heterocycles. The molecule has 0 amide bonds. The van der Waals surface area contributed by atoms with Crippen LogP contribution in [0.3, 0.4) is 0 Å². The molecule has 0 unspecified atom stereocenters. The summed E-state index contributed by atoms with van der Waals surface area (Å²) in [5.74, 6) is 0. The van der Waals surface area contributed by atoms with Crippen molar-refractivity contribution >= 4 is 47.1 Å². The van der Waals surface area contributed by atoms with Crippen LogP contribution < -0.4 is 9.80 Å². The first kappa shape index (κ1) is 28.7. The second-order valence-corrected chi connectivity index (χ2v) is 10.7. The maximum atomic E-state index is 2.33. The molecule has 0 aliphatic rings. The minimum atomic E-state index is 0.926. The van der Waals surface area contributed by atoms with Crippen LogP contribution in [0.15, 0.2) is 121 Å². The number of anilines is 4. The highest BCUT2D eigenvalue weighted by atomic mass is 15.1. The van der Waals surface area contributed by atoms with Gasteiger partial charge >= 0.3 is 0 Å². The van der Waals surface area contributed by atoms with E-state index in [4.69, 9.17) is 0 Å². The van der Waals surface area contributed by atoms with Gasteiger partial charge in [0.1, 0.15) is 0 Å². The van der Waals surface area contributed by atoms with Crippen LogP contribution in [0.5, 0.6) is 0 Å². The van der Waals surface area contributed by atoms with E-state index in [9.17, 15) is 0 Å². The third-order valence-corrected chi connectivity index (χ3v) is 7.61. The molecule has 42 heavy (non-hydrogen) atoms. The highest BCUT2D eigenvalue weighted by Crippen LogP contribution is 2.27. The van der Waals surface area contributed by atoms with Gasteiger partial charge in [0.2, 0.25) is 0 Å². The first-order chi connectivity index (χ1) is 20.5. The zero-order valence-corrected chi connectivity index (χ0v) is 25.2. The average Bonchev–Trinajstić information content (AvgIpc) is 3.03. The zero-order chi connectivity index (χ0) is 29.3. The van der Waals surface area contributed by atoms with Gasteiger partial charge in [-0.1, -0.05) is 108 Å². The standard InChI is InChI=1S/C40H40N2/c1-5-41(37-23-7-31(3)8-24-37)39-27-19-35(20-28-39)17-15-33-11-13-34(14-12-33)16-18-36-21-29-40(30-22-36)42(6-2)38-25-9-32(4)10-26-38/h7-30H,5-6H2,1-4H3/b17-15+,18-16+. The predicted octanol–water partition coefficient (Wildman–Crippen LogP) is 11.0. The van der Waals surface area contributed by atoms with E-state index < -0.39 is 0 Å². The first-order valence-corrected chi connectivity index (χ1v) is 14.9. The maximum Gasteiger partial charge on any atom is 0.0411 e. The fourth-order valence-electron chi connectivity index (χ4n) is 5.11. The molecule has 0 radical (unpaired) electrons. The Morgan fingerprint density at radius 1 is 0.357 bits per heavy atom. The summed E-state index contributed by atoms with van der Waals surface area (Å²) >= 11 is 0. The summed E-state index contributed by atoms with van der Waals surface area (Å²) in [6, 6.07) is 43.7. The summed E-state index contributed by atoms with van der Waals surface area (Å²) in [6.07, 6.45) is 8.70. The lowest BCUT2D eigenvalue weighted by Crippen LogP contribution is -2.15. The quantitative estimate of drug-likeness (QED) is 0.160. The van der Waals surface area contributed by atoms with Gasteiger partial charge in [0.05, 0.1) is 0 Å². The number of hydrogen-bond donors (Lipinski definition) is 0. The first-order valence-electron chi connectivity index (χ1n) is 14.9. The Hall–Kier alpha value is -4.82. The minimum Gasteiger partial charge on any atom is -0.342 e. The molecular weight excluding hydrogens is 508 g/mol. The summed E-state index contributed by atoms with van der Waals surface area (Å²) in [4.78, 5) is 4.66. The molecule has 0 N–H and O–H groups in total. The normalized spacial score (nSPS) is 11.3. The molecule has 0 bridgehead atoms. The van der Waals surface area contributed by atoms with E-state index in [1.807, 2.05) is 0 Å².